The Labute approximate surface area is 120 Å². The summed E-state index contributed by atoms with van der Waals surface area (Å²) in [6.07, 6.45) is 2.47. The summed E-state index contributed by atoms with van der Waals surface area (Å²) in [5.74, 6) is -0.438. The molecule has 0 aromatic heterocycles. The summed E-state index contributed by atoms with van der Waals surface area (Å²) in [6, 6.07) is 9.76. The van der Waals surface area contributed by atoms with Gasteiger partial charge in [-0.25, -0.2) is 5.43 Å². The highest BCUT2D eigenvalue weighted by molar-refractivity contribution is 6.01. The number of hydrogen-bond acceptors (Lipinski definition) is 3. The third kappa shape index (κ3) is 4.17. The molecule has 0 aliphatic rings. The number of nitrogens with one attached hydrogen (secondary N) is 1. The van der Waals surface area contributed by atoms with Crippen LogP contribution in [0.1, 0.15) is 52.0 Å². The number of hydrazone groups is 1. The van der Waals surface area contributed by atoms with Gasteiger partial charge in [-0.3, -0.25) is 4.79 Å². The number of benzene rings is 1. The van der Waals surface area contributed by atoms with Crippen molar-refractivity contribution in [2.75, 3.05) is 0 Å². The lowest BCUT2D eigenvalue weighted by Crippen LogP contribution is -2.44. The minimum absolute atomic E-state index is 0.374. The number of carbonyl (C=O) groups excluding carboxylic acids is 1. The fraction of sp³-hybridized carbons (Fsp3) is 0.500. The minimum Gasteiger partial charge on any atom is -0.380 e. The average molecular weight is 276 g/mol. The van der Waals surface area contributed by atoms with E-state index in [1.54, 1.807) is 13.8 Å². The van der Waals surface area contributed by atoms with Crippen molar-refractivity contribution in [2.24, 2.45) is 5.10 Å². The SMILES string of the molecule is CCC/C(=N/NC(=O)C(O)(CC)CC)c1ccccc1. The Balaban J connectivity index is 2.86. The molecule has 0 saturated heterocycles. The molecule has 1 aromatic rings. The Kier molecular flexibility index (Phi) is 6.39. The molecule has 4 nitrogen and oxygen atoms in total. The largest absolute Gasteiger partial charge is 0.380 e. The van der Waals surface area contributed by atoms with Gasteiger partial charge in [-0.2, -0.15) is 5.10 Å². The van der Waals surface area contributed by atoms with Crippen LogP contribution in [0.15, 0.2) is 35.4 Å². The molecule has 0 bridgehead atoms. The van der Waals surface area contributed by atoms with Crippen LogP contribution in [0.3, 0.4) is 0 Å². The summed E-state index contributed by atoms with van der Waals surface area (Å²) >= 11 is 0. The van der Waals surface area contributed by atoms with Gasteiger partial charge in [0.15, 0.2) is 0 Å². The zero-order valence-electron chi connectivity index (χ0n) is 12.5. The first-order valence-electron chi connectivity index (χ1n) is 7.22. The Morgan fingerprint density at radius 3 is 2.30 bits per heavy atom. The normalized spacial score (nSPS) is 12.3. The van der Waals surface area contributed by atoms with E-state index in [2.05, 4.69) is 17.5 Å². The lowest BCUT2D eigenvalue weighted by atomic mass is 9.97. The average Bonchev–Trinajstić information content (AvgIpc) is 2.51. The highest BCUT2D eigenvalue weighted by Crippen LogP contribution is 2.14. The molecule has 0 aliphatic carbocycles. The molecule has 2 N–H and O–H groups in total. The third-order valence-electron chi connectivity index (χ3n) is 3.48. The van der Waals surface area contributed by atoms with Crippen LogP contribution in [-0.4, -0.2) is 22.3 Å². The van der Waals surface area contributed by atoms with Crippen LogP contribution in [0, 0.1) is 0 Å². The van der Waals surface area contributed by atoms with Gasteiger partial charge in [-0.05, 0) is 24.8 Å². The predicted molar refractivity (Wildman–Crippen MR) is 81.6 cm³/mol. The third-order valence-corrected chi connectivity index (χ3v) is 3.48. The second-order valence-corrected chi connectivity index (χ2v) is 4.85. The highest BCUT2D eigenvalue weighted by atomic mass is 16.3. The van der Waals surface area contributed by atoms with E-state index in [1.807, 2.05) is 30.3 Å². The van der Waals surface area contributed by atoms with Crippen LogP contribution in [-0.2, 0) is 4.79 Å². The van der Waals surface area contributed by atoms with Gasteiger partial charge in [0.05, 0.1) is 5.71 Å². The first kappa shape index (κ1) is 16.4. The van der Waals surface area contributed by atoms with Crippen molar-refractivity contribution in [3.8, 4) is 0 Å². The van der Waals surface area contributed by atoms with Gasteiger partial charge in [-0.1, -0.05) is 57.5 Å². The predicted octanol–water partition coefficient (Wildman–Crippen LogP) is 2.86. The number of amides is 1. The molecule has 20 heavy (non-hydrogen) atoms. The molecule has 1 amide bonds. The summed E-state index contributed by atoms with van der Waals surface area (Å²) < 4.78 is 0. The fourth-order valence-electron chi connectivity index (χ4n) is 1.93. The first-order chi connectivity index (χ1) is 9.57. The Morgan fingerprint density at radius 2 is 1.80 bits per heavy atom. The van der Waals surface area contributed by atoms with Crippen molar-refractivity contribution in [3.05, 3.63) is 35.9 Å². The first-order valence-corrected chi connectivity index (χ1v) is 7.22. The smallest absolute Gasteiger partial charge is 0.271 e. The fourth-order valence-corrected chi connectivity index (χ4v) is 1.93. The molecular formula is C16H24N2O2. The minimum atomic E-state index is -1.34. The molecule has 0 aliphatic heterocycles. The number of hydrogen-bond donors (Lipinski definition) is 2. The van der Waals surface area contributed by atoms with Crippen molar-refractivity contribution in [1.29, 1.82) is 0 Å². The molecule has 0 atom stereocenters. The number of rotatable bonds is 7. The topological polar surface area (TPSA) is 61.7 Å². The van der Waals surface area contributed by atoms with Crippen molar-refractivity contribution < 1.29 is 9.90 Å². The van der Waals surface area contributed by atoms with Gasteiger partial charge in [0.1, 0.15) is 5.60 Å². The van der Waals surface area contributed by atoms with Crippen molar-refractivity contribution in [1.82, 2.24) is 5.43 Å². The van der Waals surface area contributed by atoms with Gasteiger partial charge in [0.2, 0.25) is 0 Å². The number of aliphatic hydroxyl groups is 1. The van der Waals surface area contributed by atoms with E-state index in [4.69, 9.17) is 0 Å². The van der Waals surface area contributed by atoms with E-state index in [0.29, 0.717) is 12.8 Å². The molecule has 1 rings (SSSR count). The number of nitrogens with zero attached hydrogens (tertiary/aromatic N) is 1. The summed E-state index contributed by atoms with van der Waals surface area (Å²) in [7, 11) is 0. The zero-order valence-corrected chi connectivity index (χ0v) is 12.5. The molecule has 0 heterocycles. The Hall–Kier alpha value is -1.68. The standard InChI is InChI=1S/C16H24N2O2/c1-4-10-14(13-11-8-7-9-12-13)17-18-15(19)16(20,5-2)6-3/h7-9,11-12,20H,4-6,10H2,1-3H3,(H,18,19)/b17-14-. The monoisotopic (exact) mass is 276 g/mol. The van der Waals surface area contributed by atoms with Crippen LogP contribution in [0.25, 0.3) is 0 Å². The zero-order chi connectivity index (χ0) is 15.0. The molecule has 0 radical (unpaired) electrons. The molecule has 1 aromatic carbocycles. The van der Waals surface area contributed by atoms with E-state index in [9.17, 15) is 9.90 Å². The molecule has 0 fully saturated rings. The van der Waals surface area contributed by atoms with Crippen LogP contribution < -0.4 is 5.43 Å². The summed E-state index contributed by atoms with van der Waals surface area (Å²) in [5.41, 5.74) is 2.99. The quantitative estimate of drug-likeness (QED) is 0.594. The Bertz CT molecular complexity index is 451. The maximum absolute atomic E-state index is 12.0. The summed E-state index contributed by atoms with van der Waals surface area (Å²) in [6.45, 7) is 5.64. The van der Waals surface area contributed by atoms with Crippen molar-refractivity contribution in [3.63, 3.8) is 0 Å². The second kappa shape index (κ2) is 7.80. The molecular weight excluding hydrogens is 252 g/mol. The van der Waals surface area contributed by atoms with Gasteiger partial charge in [0, 0.05) is 0 Å². The lowest BCUT2D eigenvalue weighted by molar-refractivity contribution is -0.140. The van der Waals surface area contributed by atoms with Gasteiger partial charge in [0.25, 0.3) is 5.91 Å². The van der Waals surface area contributed by atoms with Crippen LogP contribution in [0.4, 0.5) is 0 Å². The molecule has 110 valence electrons. The second-order valence-electron chi connectivity index (χ2n) is 4.85. The van der Waals surface area contributed by atoms with E-state index < -0.39 is 11.5 Å². The van der Waals surface area contributed by atoms with E-state index in [0.717, 1.165) is 24.1 Å². The summed E-state index contributed by atoms with van der Waals surface area (Å²) in [5, 5.41) is 14.3. The van der Waals surface area contributed by atoms with Gasteiger partial charge in [-0.15, -0.1) is 0 Å². The molecule has 0 saturated carbocycles. The maximum atomic E-state index is 12.0. The summed E-state index contributed by atoms with van der Waals surface area (Å²) in [4.78, 5) is 12.0. The van der Waals surface area contributed by atoms with Crippen molar-refractivity contribution >= 4 is 11.6 Å². The van der Waals surface area contributed by atoms with Crippen LogP contribution in [0.5, 0.6) is 0 Å². The lowest BCUT2D eigenvalue weighted by Gasteiger charge is -2.22. The van der Waals surface area contributed by atoms with Crippen molar-refractivity contribution in [2.45, 2.75) is 52.1 Å². The highest BCUT2D eigenvalue weighted by Gasteiger charge is 2.31. The molecule has 0 unspecified atom stereocenters. The molecule has 4 heteroatoms. The van der Waals surface area contributed by atoms with Crippen LogP contribution >= 0.6 is 0 Å². The molecule has 0 spiro atoms. The van der Waals surface area contributed by atoms with E-state index >= 15 is 0 Å². The maximum Gasteiger partial charge on any atom is 0.271 e. The van der Waals surface area contributed by atoms with Gasteiger partial charge < -0.3 is 5.11 Å². The van der Waals surface area contributed by atoms with E-state index in [1.165, 1.54) is 0 Å². The van der Waals surface area contributed by atoms with Gasteiger partial charge >= 0.3 is 0 Å². The Morgan fingerprint density at radius 1 is 1.20 bits per heavy atom. The van der Waals surface area contributed by atoms with E-state index in [-0.39, 0.29) is 0 Å². The number of carbonyl (C=O) groups is 1. The van der Waals surface area contributed by atoms with Crippen LogP contribution in [0.2, 0.25) is 0 Å².